The molecule has 2 nitrogen and oxygen atoms in total. The molecule has 9 aromatic carbocycles. The molecule has 11 aromatic rings. The molecule has 0 saturated carbocycles. The average molecular weight is 611 g/mol. The van der Waals surface area contributed by atoms with Gasteiger partial charge in [-0.3, -0.25) is 0 Å². The van der Waals surface area contributed by atoms with E-state index in [1.54, 1.807) is 0 Å². The smallest absolute Gasteiger partial charge is 0.178 e. The zero-order valence-electron chi connectivity index (χ0n) is 25.8. The van der Waals surface area contributed by atoms with E-state index in [0.29, 0.717) is 0 Å². The lowest BCUT2D eigenvalue weighted by atomic mass is 9.84. The third-order valence-corrected chi connectivity index (χ3v) is 10.2. The number of hydrogen-bond acceptors (Lipinski definition) is 2. The van der Waals surface area contributed by atoms with Gasteiger partial charge in [0.05, 0.1) is 0 Å². The molecule has 0 amide bonds. The van der Waals surface area contributed by atoms with Gasteiger partial charge in [0.1, 0.15) is 11.2 Å². The fraction of sp³-hybridized carbons (Fsp3) is 0. The summed E-state index contributed by atoms with van der Waals surface area (Å²) >= 11 is 0. The van der Waals surface area contributed by atoms with Crippen LogP contribution in [0, 0.1) is 0 Å². The van der Waals surface area contributed by atoms with Gasteiger partial charge in [0.15, 0.2) is 11.2 Å². The van der Waals surface area contributed by atoms with E-state index in [1.807, 2.05) is 0 Å². The van der Waals surface area contributed by atoms with E-state index >= 15 is 0 Å². The van der Waals surface area contributed by atoms with Crippen molar-refractivity contribution in [1.82, 2.24) is 0 Å². The highest BCUT2D eigenvalue weighted by atomic mass is 16.4. The highest BCUT2D eigenvalue weighted by Crippen LogP contribution is 2.46. The van der Waals surface area contributed by atoms with Crippen molar-refractivity contribution in [3.05, 3.63) is 158 Å². The molecule has 2 heterocycles. The second kappa shape index (κ2) is 9.57. The first-order chi connectivity index (χ1) is 23.8. The monoisotopic (exact) mass is 610 g/mol. The second-order valence-electron chi connectivity index (χ2n) is 12.8. The molecule has 0 aliphatic heterocycles. The van der Waals surface area contributed by atoms with E-state index < -0.39 is 0 Å². The predicted molar refractivity (Wildman–Crippen MR) is 202 cm³/mol. The van der Waals surface area contributed by atoms with Gasteiger partial charge in [-0.25, -0.2) is 0 Å². The second-order valence-corrected chi connectivity index (χ2v) is 12.8. The number of hydrogen-bond donors (Lipinski definition) is 0. The van der Waals surface area contributed by atoms with Crippen molar-refractivity contribution in [2.24, 2.45) is 0 Å². The molecule has 0 spiro atoms. The van der Waals surface area contributed by atoms with Crippen LogP contribution in [0.5, 0.6) is 0 Å². The third-order valence-electron chi connectivity index (χ3n) is 10.2. The summed E-state index contributed by atoms with van der Waals surface area (Å²) in [5.74, 6) is 0. The number of benzene rings is 9. The van der Waals surface area contributed by atoms with E-state index in [0.717, 1.165) is 49.4 Å². The van der Waals surface area contributed by atoms with Gasteiger partial charge >= 0.3 is 0 Å². The Labute approximate surface area is 275 Å². The molecule has 0 N–H and O–H groups in total. The maximum absolute atomic E-state index is 6.73. The van der Waals surface area contributed by atoms with Crippen LogP contribution in [-0.4, -0.2) is 0 Å². The molecule has 0 aliphatic carbocycles. The van der Waals surface area contributed by atoms with Crippen LogP contribution in [0.15, 0.2) is 167 Å². The van der Waals surface area contributed by atoms with Gasteiger partial charge in [-0.1, -0.05) is 121 Å². The largest absolute Gasteiger partial charge is 0.452 e. The van der Waals surface area contributed by atoms with E-state index in [-0.39, 0.29) is 0 Å². The summed E-state index contributed by atoms with van der Waals surface area (Å²) in [6.07, 6.45) is 0. The summed E-state index contributed by atoms with van der Waals surface area (Å²) in [7, 11) is 0. The Balaban J connectivity index is 1.18. The molecule has 2 aromatic heterocycles. The quantitative estimate of drug-likeness (QED) is 0.182. The molecule has 0 saturated heterocycles. The molecule has 0 fully saturated rings. The van der Waals surface area contributed by atoms with Crippen molar-refractivity contribution in [1.29, 1.82) is 0 Å². The lowest BCUT2D eigenvalue weighted by Gasteiger charge is -2.18. The van der Waals surface area contributed by atoms with Crippen LogP contribution in [0.25, 0.3) is 109 Å². The summed E-state index contributed by atoms with van der Waals surface area (Å²) in [4.78, 5) is 0. The zero-order chi connectivity index (χ0) is 31.3. The SMILES string of the molecule is c1ccc2cc3c(cc2c1)oc1c3ccc2c3ccc(-c4c5ccccc5c(-c5cccc6ccccc56)c5ccccc45)cc3oc21. The van der Waals surface area contributed by atoms with Gasteiger partial charge in [0, 0.05) is 21.5 Å². The minimum atomic E-state index is 0.793. The Hall–Kier alpha value is -6.38. The van der Waals surface area contributed by atoms with Crippen molar-refractivity contribution in [3.63, 3.8) is 0 Å². The van der Waals surface area contributed by atoms with Crippen molar-refractivity contribution in [3.8, 4) is 22.3 Å². The van der Waals surface area contributed by atoms with Gasteiger partial charge in [-0.2, -0.15) is 0 Å². The van der Waals surface area contributed by atoms with Crippen LogP contribution in [0.4, 0.5) is 0 Å². The first-order valence-electron chi connectivity index (χ1n) is 16.4. The summed E-state index contributed by atoms with van der Waals surface area (Å²) in [6, 6.07) is 56.8. The van der Waals surface area contributed by atoms with E-state index in [1.165, 1.54) is 59.8 Å². The van der Waals surface area contributed by atoms with Crippen molar-refractivity contribution in [2.75, 3.05) is 0 Å². The minimum Gasteiger partial charge on any atom is -0.452 e. The Morgan fingerprint density at radius 2 is 0.792 bits per heavy atom. The van der Waals surface area contributed by atoms with Crippen LogP contribution < -0.4 is 0 Å². The fourth-order valence-electron chi connectivity index (χ4n) is 8.08. The number of fused-ring (bicyclic) bond motifs is 11. The molecule has 0 radical (unpaired) electrons. The molecule has 222 valence electrons. The summed E-state index contributed by atoms with van der Waals surface area (Å²) < 4.78 is 13.3. The molecule has 2 heteroatoms. The maximum Gasteiger partial charge on any atom is 0.178 e. The highest BCUT2D eigenvalue weighted by Gasteiger charge is 2.20. The molecule has 11 rings (SSSR count). The third kappa shape index (κ3) is 3.52. The summed E-state index contributed by atoms with van der Waals surface area (Å²) in [5.41, 5.74) is 8.19. The average Bonchev–Trinajstić information content (AvgIpc) is 3.70. The molecule has 0 bridgehead atoms. The lowest BCUT2D eigenvalue weighted by Crippen LogP contribution is -1.91. The molecule has 0 atom stereocenters. The number of rotatable bonds is 2. The molecule has 0 aliphatic rings. The van der Waals surface area contributed by atoms with Crippen LogP contribution >= 0.6 is 0 Å². The molecule has 48 heavy (non-hydrogen) atoms. The van der Waals surface area contributed by atoms with Crippen molar-refractivity contribution >= 4 is 87.0 Å². The Morgan fingerprint density at radius 3 is 1.48 bits per heavy atom. The molecule has 0 unspecified atom stereocenters. The minimum absolute atomic E-state index is 0.793. The number of furan rings is 2. The highest BCUT2D eigenvalue weighted by molar-refractivity contribution is 6.25. The van der Waals surface area contributed by atoms with Crippen molar-refractivity contribution in [2.45, 2.75) is 0 Å². The van der Waals surface area contributed by atoms with Crippen LogP contribution in [0.2, 0.25) is 0 Å². The topological polar surface area (TPSA) is 26.3 Å². The lowest BCUT2D eigenvalue weighted by molar-refractivity contribution is 0.633. The van der Waals surface area contributed by atoms with Crippen LogP contribution in [-0.2, 0) is 0 Å². The Morgan fingerprint density at radius 1 is 0.292 bits per heavy atom. The van der Waals surface area contributed by atoms with E-state index in [4.69, 9.17) is 8.83 Å². The summed E-state index contributed by atoms with van der Waals surface area (Å²) in [6.45, 7) is 0. The normalized spacial score (nSPS) is 12.2. The Bertz CT molecular complexity index is 3060. The molecular formula is C46H26O2. The van der Waals surface area contributed by atoms with E-state index in [9.17, 15) is 0 Å². The maximum atomic E-state index is 6.73. The van der Waals surface area contributed by atoms with Gasteiger partial charge < -0.3 is 8.83 Å². The van der Waals surface area contributed by atoms with Gasteiger partial charge in [-0.05, 0) is 102 Å². The standard InChI is InChI=1S/C46H26O2/c1-2-12-29-25-42-40(24-28(29)11-1)39-23-22-38-32-21-20-30(26-41(32)47-45(38)46(39)48-42)43-34-15-5-7-17-36(34)44(37-18-8-6-16-35(37)43)33-19-9-13-27-10-3-4-14-31(27)33/h1-26H. The van der Waals surface area contributed by atoms with Crippen LogP contribution in [0.1, 0.15) is 0 Å². The van der Waals surface area contributed by atoms with Gasteiger partial charge in [0.25, 0.3) is 0 Å². The first-order valence-corrected chi connectivity index (χ1v) is 16.4. The van der Waals surface area contributed by atoms with E-state index in [2.05, 4.69) is 158 Å². The van der Waals surface area contributed by atoms with Crippen LogP contribution in [0.3, 0.4) is 0 Å². The molecular weight excluding hydrogens is 585 g/mol. The predicted octanol–water partition coefficient (Wildman–Crippen LogP) is 13.4. The van der Waals surface area contributed by atoms with Gasteiger partial charge in [-0.15, -0.1) is 0 Å². The van der Waals surface area contributed by atoms with Gasteiger partial charge in [0.2, 0.25) is 0 Å². The zero-order valence-corrected chi connectivity index (χ0v) is 25.8. The summed E-state index contributed by atoms with van der Waals surface area (Å²) in [5, 5.41) is 14.1. The Kier molecular flexibility index (Phi) is 5.14. The fourth-order valence-corrected chi connectivity index (χ4v) is 8.08. The van der Waals surface area contributed by atoms with Crippen molar-refractivity contribution < 1.29 is 8.83 Å². The first kappa shape index (κ1) is 25.8.